The van der Waals surface area contributed by atoms with E-state index in [0.29, 0.717) is 5.02 Å². The molecule has 0 aliphatic rings. The molecule has 13 heavy (non-hydrogen) atoms. The normalized spacial score (nSPS) is 10.7. The summed E-state index contributed by atoms with van der Waals surface area (Å²) in [7, 11) is 1.78. The van der Waals surface area contributed by atoms with E-state index in [9.17, 15) is 0 Å². The fraction of sp³-hybridized carbons (Fsp3) is 0.100. The molecular formula is C10H9ClN2. The molecule has 0 bridgehead atoms. The molecule has 0 heterocycles. The van der Waals surface area contributed by atoms with Crippen LogP contribution in [0.15, 0.2) is 30.3 Å². The van der Waals surface area contributed by atoms with Crippen molar-refractivity contribution in [2.24, 2.45) is 0 Å². The minimum atomic E-state index is 0.691. The van der Waals surface area contributed by atoms with Gasteiger partial charge in [0.15, 0.2) is 0 Å². The zero-order valence-corrected chi connectivity index (χ0v) is 7.97. The number of halogens is 1. The third-order valence-electron chi connectivity index (χ3n) is 1.63. The first kappa shape index (κ1) is 9.63. The monoisotopic (exact) mass is 192 g/mol. The highest BCUT2D eigenvalue weighted by Gasteiger charge is 1.97. The average Bonchev–Trinajstić information content (AvgIpc) is 2.16. The smallest absolute Gasteiger partial charge is 0.0933 e. The third kappa shape index (κ3) is 2.50. The van der Waals surface area contributed by atoms with Gasteiger partial charge < -0.3 is 5.32 Å². The predicted octanol–water partition coefficient (Wildman–Crippen LogP) is 2.42. The number of rotatable bonds is 2. The quantitative estimate of drug-likeness (QED) is 0.731. The summed E-state index contributed by atoms with van der Waals surface area (Å²) in [6, 6.07) is 9.28. The van der Waals surface area contributed by atoms with Crippen LogP contribution in [0.1, 0.15) is 5.56 Å². The largest absolute Gasteiger partial charge is 0.387 e. The van der Waals surface area contributed by atoms with Gasteiger partial charge in [0.25, 0.3) is 0 Å². The standard InChI is InChI=1S/C10H9ClN2/c1-13-10(6-7-12)8-2-4-9(11)5-3-8/h2-6,13H,1H3/b10-6-. The summed E-state index contributed by atoms with van der Waals surface area (Å²) in [6.07, 6.45) is 1.46. The second-order valence-corrected chi connectivity index (χ2v) is 2.88. The predicted molar refractivity (Wildman–Crippen MR) is 54.1 cm³/mol. The Morgan fingerprint density at radius 3 is 2.54 bits per heavy atom. The third-order valence-corrected chi connectivity index (χ3v) is 1.89. The van der Waals surface area contributed by atoms with Crippen LogP contribution in [-0.2, 0) is 0 Å². The lowest BCUT2D eigenvalue weighted by Crippen LogP contribution is -2.03. The zero-order valence-electron chi connectivity index (χ0n) is 7.21. The summed E-state index contributed by atoms with van der Waals surface area (Å²) in [6.45, 7) is 0. The summed E-state index contributed by atoms with van der Waals surface area (Å²) in [5.74, 6) is 0. The van der Waals surface area contributed by atoms with Crippen molar-refractivity contribution >= 4 is 17.3 Å². The Bertz CT molecular complexity index is 346. The second kappa shape index (κ2) is 4.54. The van der Waals surface area contributed by atoms with E-state index in [1.165, 1.54) is 6.08 Å². The molecule has 0 atom stereocenters. The molecule has 3 heteroatoms. The first-order valence-corrected chi connectivity index (χ1v) is 4.19. The molecule has 1 rings (SSSR count). The van der Waals surface area contributed by atoms with Crippen molar-refractivity contribution in [2.75, 3.05) is 7.05 Å². The van der Waals surface area contributed by atoms with Crippen molar-refractivity contribution in [1.29, 1.82) is 5.26 Å². The van der Waals surface area contributed by atoms with Gasteiger partial charge in [-0.3, -0.25) is 0 Å². The van der Waals surface area contributed by atoms with Gasteiger partial charge in [0.2, 0.25) is 0 Å². The van der Waals surface area contributed by atoms with Gasteiger partial charge in [-0.15, -0.1) is 0 Å². The minimum absolute atomic E-state index is 0.691. The highest BCUT2D eigenvalue weighted by molar-refractivity contribution is 6.30. The van der Waals surface area contributed by atoms with E-state index in [4.69, 9.17) is 16.9 Å². The van der Waals surface area contributed by atoms with Gasteiger partial charge in [-0.1, -0.05) is 23.7 Å². The van der Waals surface area contributed by atoms with E-state index in [1.54, 1.807) is 19.2 Å². The first-order chi connectivity index (χ1) is 6.27. The molecule has 0 saturated heterocycles. The molecule has 1 aromatic carbocycles. The van der Waals surface area contributed by atoms with E-state index < -0.39 is 0 Å². The number of benzene rings is 1. The summed E-state index contributed by atoms with van der Waals surface area (Å²) in [5, 5.41) is 12.1. The van der Waals surface area contributed by atoms with Gasteiger partial charge in [-0.05, 0) is 17.7 Å². The molecule has 0 saturated carbocycles. The summed E-state index contributed by atoms with van der Waals surface area (Å²) >= 11 is 5.73. The second-order valence-electron chi connectivity index (χ2n) is 2.44. The molecule has 0 spiro atoms. The number of nitriles is 1. The van der Waals surface area contributed by atoms with E-state index in [0.717, 1.165) is 11.3 Å². The Morgan fingerprint density at radius 2 is 2.08 bits per heavy atom. The van der Waals surface area contributed by atoms with E-state index >= 15 is 0 Å². The van der Waals surface area contributed by atoms with Gasteiger partial charge in [0, 0.05) is 18.1 Å². The average molecular weight is 193 g/mol. The van der Waals surface area contributed by atoms with Gasteiger partial charge in [-0.2, -0.15) is 5.26 Å². The van der Waals surface area contributed by atoms with Gasteiger partial charge in [0.05, 0.1) is 11.8 Å². The lowest BCUT2D eigenvalue weighted by molar-refractivity contribution is 1.13. The van der Waals surface area contributed by atoms with Crippen molar-refractivity contribution in [1.82, 2.24) is 5.32 Å². The van der Waals surface area contributed by atoms with Gasteiger partial charge in [0.1, 0.15) is 0 Å². The van der Waals surface area contributed by atoms with Crippen molar-refractivity contribution in [3.8, 4) is 6.07 Å². The summed E-state index contributed by atoms with van der Waals surface area (Å²) < 4.78 is 0. The number of allylic oxidation sites excluding steroid dienone is 1. The Balaban J connectivity index is 3.01. The highest BCUT2D eigenvalue weighted by atomic mass is 35.5. The molecule has 0 amide bonds. The van der Waals surface area contributed by atoms with Crippen LogP contribution in [0.3, 0.4) is 0 Å². The van der Waals surface area contributed by atoms with Crippen molar-refractivity contribution in [2.45, 2.75) is 0 Å². The molecule has 0 aliphatic heterocycles. The summed E-state index contributed by atoms with van der Waals surface area (Å²) in [5.41, 5.74) is 1.74. The van der Waals surface area contributed by atoms with Crippen LogP contribution >= 0.6 is 11.6 Å². The fourth-order valence-electron chi connectivity index (χ4n) is 0.994. The van der Waals surface area contributed by atoms with Crippen LogP contribution in [0, 0.1) is 11.3 Å². The molecular weight excluding hydrogens is 184 g/mol. The van der Waals surface area contributed by atoms with Crippen molar-refractivity contribution in [3.05, 3.63) is 40.9 Å². The van der Waals surface area contributed by atoms with Crippen LogP contribution in [0.2, 0.25) is 5.02 Å². The lowest BCUT2D eigenvalue weighted by atomic mass is 10.1. The minimum Gasteiger partial charge on any atom is -0.387 e. The van der Waals surface area contributed by atoms with Crippen LogP contribution in [0.4, 0.5) is 0 Å². The Hall–Kier alpha value is -1.46. The molecule has 1 aromatic rings. The van der Waals surface area contributed by atoms with Crippen LogP contribution in [0.25, 0.3) is 5.70 Å². The summed E-state index contributed by atoms with van der Waals surface area (Å²) in [4.78, 5) is 0. The Kier molecular flexibility index (Phi) is 3.36. The maximum absolute atomic E-state index is 8.49. The molecule has 0 unspecified atom stereocenters. The number of hydrogen-bond donors (Lipinski definition) is 1. The van der Waals surface area contributed by atoms with Crippen molar-refractivity contribution < 1.29 is 0 Å². The van der Waals surface area contributed by atoms with Gasteiger partial charge in [-0.25, -0.2) is 0 Å². The maximum Gasteiger partial charge on any atom is 0.0933 e. The fourth-order valence-corrected chi connectivity index (χ4v) is 1.12. The lowest BCUT2D eigenvalue weighted by Gasteiger charge is -2.04. The number of hydrogen-bond acceptors (Lipinski definition) is 2. The number of nitrogens with one attached hydrogen (secondary N) is 1. The Morgan fingerprint density at radius 1 is 1.46 bits per heavy atom. The molecule has 0 aliphatic carbocycles. The van der Waals surface area contributed by atoms with E-state index in [1.807, 2.05) is 18.2 Å². The molecule has 66 valence electrons. The zero-order chi connectivity index (χ0) is 9.68. The first-order valence-electron chi connectivity index (χ1n) is 3.81. The Labute approximate surface area is 82.4 Å². The SMILES string of the molecule is CN/C(=C\C#N)c1ccc(Cl)cc1. The maximum atomic E-state index is 8.49. The molecule has 0 fully saturated rings. The molecule has 0 radical (unpaired) electrons. The van der Waals surface area contributed by atoms with Crippen molar-refractivity contribution in [3.63, 3.8) is 0 Å². The van der Waals surface area contributed by atoms with Gasteiger partial charge >= 0.3 is 0 Å². The van der Waals surface area contributed by atoms with Crippen LogP contribution in [-0.4, -0.2) is 7.05 Å². The topological polar surface area (TPSA) is 35.8 Å². The van der Waals surface area contributed by atoms with Crippen LogP contribution in [0.5, 0.6) is 0 Å². The van der Waals surface area contributed by atoms with E-state index in [-0.39, 0.29) is 0 Å². The molecule has 2 nitrogen and oxygen atoms in total. The van der Waals surface area contributed by atoms with E-state index in [2.05, 4.69) is 5.32 Å². The molecule has 0 aromatic heterocycles. The van der Waals surface area contributed by atoms with Crippen LogP contribution < -0.4 is 5.32 Å². The number of nitrogens with zero attached hydrogens (tertiary/aromatic N) is 1. The molecule has 1 N–H and O–H groups in total. The highest BCUT2D eigenvalue weighted by Crippen LogP contribution is 2.14.